The summed E-state index contributed by atoms with van der Waals surface area (Å²) in [5.41, 5.74) is 3.47. The summed E-state index contributed by atoms with van der Waals surface area (Å²) in [7, 11) is 0. The molecule has 0 aromatic carbocycles. The molecule has 16 heavy (non-hydrogen) atoms. The van der Waals surface area contributed by atoms with Crippen LogP contribution >= 0.6 is 11.3 Å². The van der Waals surface area contributed by atoms with E-state index in [4.69, 9.17) is 0 Å². The minimum absolute atomic E-state index is 0.844. The Hall–Kier alpha value is -1.26. The molecule has 0 fully saturated rings. The number of aryl methyl sites for hydroxylation is 1. The van der Waals surface area contributed by atoms with Crippen LogP contribution in [-0.2, 0) is 6.54 Å². The molecule has 0 aliphatic rings. The number of aromatic nitrogens is 2. The second-order valence-corrected chi connectivity index (χ2v) is 4.47. The van der Waals surface area contributed by atoms with Crippen LogP contribution in [-0.4, -0.2) is 16.5 Å². The molecule has 0 aliphatic carbocycles. The predicted molar refractivity (Wildman–Crippen MR) is 67.5 cm³/mol. The van der Waals surface area contributed by atoms with Gasteiger partial charge in [-0.3, -0.25) is 4.98 Å². The van der Waals surface area contributed by atoms with E-state index in [1.165, 1.54) is 11.1 Å². The van der Waals surface area contributed by atoms with Crippen LogP contribution in [0, 0.1) is 6.92 Å². The van der Waals surface area contributed by atoms with Crippen molar-refractivity contribution in [3.05, 3.63) is 35.1 Å². The normalized spacial score (nSPS) is 10.6. The molecule has 1 N–H and O–H groups in total. The Morgan fingerprint density at radius 2 is 2.31 bits per heavy atom. The van der Waals surface area contributed by atoms with E-state index >= 15 is 0 Å². The van der Waals surface area contributed by atoms with Crippen LogP contribution in [0.1, 0.15) is 18.2 Å². The molecule has 0 bridgehead atoms. The highest BCUT2D eigenvalue weighted by Gasteiger charge is 2.06. The van der Waals surface area contributed by atoms with E-state index in [1.54, 1.807) is 11.3 Å². The zero-order valence-electron chi connectivity index (χ0n) is 9.53. The number of nitrogens with one attached hydrogen (secondary N) is 1. The van der Waals surface area contributed by atoms with Gasteiger partial charge in [-0.25, -0.2) is 4.98 Å². The molecular weight excluding hydrogens is 218 g/mol. The van der Waals surface area contributed by atoms with Gasteiger partial charge in [0.25, 0.3) is 0 Å². The summed E-state index contributed by atoms with van der Waals surface area (Å²) in [6, 6.07) is 2.02. The van der Waals surface area contributed by atoms with Crippen LogP contribution in [0.5, 0.6) is 0 Å². The van der Waals surface area contributed by atoms with E-state index in [-0.39, 0.29) is 0 Å². The Labute approximate surface area is 99.6 Å². The van der Waals surface area contributed by atoms with Gasteiger partial charge in [-0.2, -0.15) is 0 Å². The highest BCUT2D eigenvalue weighted by Crippen LogP contribution is 2.25. The molecule has 0 saturated heterocycles. The van der Waals surface area contributed by atoms with Crippen LogP contribution in [0.2, 0.25) is 0 Å². The summed E-state index contributed by atoms with van der Waals surface area (Å²) < 4.78 is 0. The molecule has 0 amide bonds. The van der Waals surface area contributed by atoms with Crippen molar-refractivity contribution in [1.82, 2.24) is 15.3 Å². The first-order valence-electron chi connectivity index (χ1n) is 5.37. The molecule has 0 spiro atoms. The maximum absolute atomic E-state index is 4.61. The Morgan fingerprint density at radius 1 is 1.44 bits per heavy atom. The summed E-state index contributed by atoms with van der Waals surface area (Å²) in [5, 5.41) is 6.46. The number of hydrogen-bond donors (Lipinski definition) is 1. The third kappa shape index (κ3) is 2.46. The second kappa shape index (κ2) is 5.18. The molecule has 4 heteroatoms. The van der Waals surface area contributed by atoms with Gasteiger partial charge < -0.3 is 5.32 Å². The summed E-state index contributed by atoms with van der Waals surface area (Å²) in [4.78, 5) is 8.70. The van der Waals surface area contributed by atoms with E-state index in [1.807, 2.05) is 18.5 Å². The lowest BCUT2D eigenvalue weighted by molar-refractivity contribution is 0.715. The van der Waals surface area contributed by atoms with Crippen LogP contribution in [0.3, 0.4) is 0 Å². The highest BCUT2D eigenvalue weighted by molar-refractivity contribution is 7.13. The summed E-state index contributed by atoms with van der Waals surface area (Å²) in [5.74, 6) is 0. The highest BCUT2D eigenvalue weighted by atomic mass is 32.1. The fraction of sp³-hybridized carbons (Fsp3) is 0.333. The van der Waals surface area contributed by atoms with Gasteiger partial charge >= 0.3 is 0 Å². The van der Waals surface area contributed by atoms with Crippen molar-refractivity contribution in [3.8, 4) is 10.6 Å². The van der Waals surface area contributed by atoms with Gasteiger partial charge in [0.15, 0.2) is 0 Å². The standard InChI is InChI=1S/C12H15N3S/c1-3-13-7-10-8-16-12(15-10)11-4-5-14-6-9(11)2/h4-6,8,13H,3,7H2,1-2H3. The third-order valence-electron chi connectivity index (χ3n) is 2.36. The van der Waals surface area contributed by atoms with Crippen molar-refractivity contribution < 1.29 is 0 Å². The molecular formula is C12H15N3S. The van der Waals surface area contributed by atoms with Crippen molar-refractivity contribution in [2.45, 2.75) is 20.4 Å². The quantitative estimate of drug-likeness (QED) is 0.882. The van der Waals surface area contributed by atoms with Gasteiger partial charge in [-0.15, -0.1) is 11.3 Å². The molecule has 0 atom stereocenters. The van der Waals surface area contributed by atoms with E-state index < -0.39 is 0 Å². The van der Waals surface area contributed by atoms with E-state index in [2.05, 4.69) is 34.5 Å². The number of rotatable bonds is 4. The minimum Gasteiger partial charge on any atom is -0.311 e. The number of pyridine rings is 1. The van der Waals surface area contributed by atoms with Gasteiger partial charge in [0.2, 0.25) is 0 Å². The fourth-order valence-corrected chi connectivity index (χ4v) is 2.39. The molecule has 3 nitrogen and oxygen atoms in total. The predicted octanol–water partition coefficient (Wildman–Crippen LogP) is 2.62. The van der Waals surface area contributed by atoms with Gasteiger partial charge in [0.05, 0.1) is 5.69 Å². The van der Waals surface area contributed by atoms with Crippen molar-refractivity contribution >= 4 is 11.3 Å². The van der Waals surface area contributed by atoms with Crippen LogP contribution in [0.15, 0.2) is 23.8 Å². The maximum Gasteiger partial charge on any atom is 0.124 e. The van der Waals surface area contributed by atoms with Gasteiger partial charge in [-0.05, 0) is 25.1 Å². The molecule has 2 aromatic rings. The zero-order valence-corrected chi connectivity index (χ0v) is 10.3. The van der Waals surface area contributed by atoms with Crippen LogP contribution in [0.25, 0.3) is 10.6 Å². The van der Waals surface area contributed by atoms with E-state index in [0.717, 1.165) is 23.8 Å². The van der Waals surface area contributed by atoms with Crippen molar-refractivity contribution in [2.24, 2.45) is 0 Å². The lowest BCUT2D eigenvalue weighted by Gasteiger charge is -2.00. The SMILES string of the molecule is CCNCc1csc(-c2ccncc2C)n1. The average Bonchev–Trinajstić information content (AvgIpc) is 2.75. The van der Waals surface area contributed by atoms with Crippen molar-refractivity contribution in [3.63, 3.8) is 0 Å². The first kappa shape index (κ1) is 11.2. The molecule has 0 radical (unpaired) electrons. The minimum atomic E-state index is 0.844. The largest absolute Gasteiger partial charge is 0.311 e. The first-order chi connectivity index (χ1) is 7.81. The molecule has 2 heterocycles. The monoisotopic (exact) mass is 233 g/mol. The van der Waals surface area contributed by atoms with E-state index in [0.29, 0.717) is 0 Å². The molecule has 0 aliphatic heterocycles. The zero-order chi connectivity index (χ0) is 11.4. The van der Waals surface area contributed by atoms with E-state index in [9.17, 15) is 0 Å². The first-order valence-corrected chi connectivity index (χ1v) is 6.25. The second-order valence-electron chi connectivity index (χ2n) is 3.61. The Kier molecular flexibility index (Phi) is 3.64. The number of hydrogen-bond acceptors (Lipinski definition) is 4. The van der Waals surface area contributed by atoms with Crippen molar-refractivity contribution in [1.29, 1.82) is 0 Å². The summed E-state index contributed by atoms with van der Waals surface area (Å²) in [6.45, 7) is 5.98. The van der Waals surface area contributed by atoms with Gasteiger partial charge in [-0.1, -0.05) is 6.92 Å². The summed E-state index contributed by atoms with van der Waals surface area (Å²) >= 11 is 1.69. The van der Waals surface area contributed by atoms with Gasteiger partial charge in [0, 0.05) is 29.9 Å². The summed E-state index contributed by atoms with van der Waals surface area (Å²) in [6.07, 6.45) is 3.69. The lowest BCUT2D eigenvalue weighted by Crippen LogP contribution is -2.11. The molecule has 0 unspecified atom stereocenters. The molecule has 0 saturated carbocycles. The Bertz CT molecular complexity index is 465. The van der Waals surface area contributed by atoms with Crippen LogP contribution < -0.4 is 5.32 Å². The topological polar surface area (TPSA) is 37.8 Å². The maximum atomic E-state index is 4.61. The van der Waals surface area contributed by atoms with Crippen molar-refractivity contribution in [2.75, 3.05) is 6.54 Å². The third-order valence-corrected chi connectivity index (χ3v) is 3.28. The Balaban J connectivity index is 2.22. The molecule has 84 valence electrons. The number of nitrogens with zero attached hydrogens (tertiary/aromatic N) is 2. The van der Waals surface area contributed by atoms with Crippen LogP contribution in [0.4, 0.5) is 0 Å². The lowest BCUT2D eigenvalue weighted by atomic mass is 10.2. The van der Waals surface area contributed by atoms with Gasteiger partial charge in [0.1, 0.15) is 5.01 Å². The number of thiazole rings is 1. The Morgan fingerprint density at radius 3 is 3.06 bits per heavy atom. The molecule has 2 rings (SSSR count). The molecule has 2 aromatic heterocycles. The smallest absolute Gasteiger partial charge is 0.124 e. The fourth-order valence-electron chi connectivity index (χ4n) is 1.48. The average molecular weight is 233 g/mol.